The van der Waals surface area contributed by atoms with Crippen LogP contribution >= 0.6 is 45.9 Å². The number of thiophene rings is 2. The first-order valence-corrected chi connectivity index (χ1v) is 12.2. The maximum absolute atomic E-state index is 11.5. The van der Waals surface area contributed by atoms with E-state index >= 15 is 0 Å². The molecule has 0 aliphatic rings. The molecule has 2 amide bonds. The lowest BCUT2D eigenvalue weighted by Gasteiger charge is -2.19. The van der Waals surface area contributed by atoms with Gasteiger partial charge in [-0.3, -0.25) is 24.5 Å². The second kappa shape index (κ2) is 15.4. The third-order valence-electron chi connectivity index (χ3n) is 3.13. The normalized spacial score (nSPS) is 9.97. The van der Waals surface area contributed by atoms with Crippen molar-refractivity contribution in [3.05, 3.63) is 33.0 Å². The van der Waals surface area contributed by atoms with Crippen LogP contribution in [0.3, 0.4) is 0 Å². The third-order valence-corrected chi connectivity index (χ3v) is 5.56. The number of rotatable bonds is 6. The summed E-state index contributed by atoms with van der Waals surface area (Å²) in [6.45, 7) is 9.10. The van der Waals surface area contributed by atoms with Crippen LogP contribution in [0.2, 0.25) is 0 Å². The molecule has 0 aliphatic heterocycles. The Bertz CT molecular complexity index is 998. The van der Waals surface area contributed by atoms with Gasteiger partial charge in [0, 0.05) is 20.9 Å². The van der Waals surface area contributed by atoms with Crippen LogP contribution in [0.1, 0.15) is 51.2 Å². The third kappa shape index (κ3) is 13.3. The van der Waals surface area contributed by atoms with Gasteiger partial charge in [0.25, 0.3) is 0 Å². The van der Waals surface area contributed by atoms with Crippen LogP contribution in [-0.4, -0.2) is 53.0 Å². The first-order chi connectivity index (χ1) is 15.8. The quantitative estimate of drug-likeness (QED) is 0.314. The van der Waals surface area contributed by atoms with Crippen LogP contribution in [0.15, 0.2) is 12.1 Å². The van der Waals surface area contributed by atoms with E-state index in [1.165, 1.54) is 22.7 Å². The number of halogens is 2. The molecule has 3 N–H and O–H groups in total. The Labute approximate surface area is 215 Å². The molecule has 0 unspecified atom stereocenters. The van der Waals surface area contributed by atoms with Crippen molar-refractivity contribution in [3.63, 3.8) is 0 Å². The number of amides is 2. The molecule has 34 heavy (non-hydrogen) atoms. The fourth-order valence-corrected chi connectivity index (χ4v) is 3.83. The van der Waals surface area contributed by atoms with Gasteiger partial charge in [-0.05, 0) is 46.8 Å². The first kappa shape index (κ1) is 31.5. The van der Waals surface area contributed by atoms with Crippen LogP contribution in [0.5, 0.6) is 0 Å². The van der Waals surface area contributed by atoms with Crippen molar-refractivity contribution in [1.29, 1.82) is 0 Å². The average Bonchev–Trinajstić information content (AvgIpc) is 3.27. The Balaban J connectivity index is 0.000000543. The van der Waals surface area contributed by atoms with Gasteiger partial charge in [0.2, 0.25) is 5.91 Å². The summed E-state index contributed by atoms with van der Waals surface area (Å²) in [5.74, 6) is -1.69. The minimum Gasteiger partial charge on any atom is -0.480 e. The molecule has 0 saturated heterocycles. The van der Waals surface area contributed by atoms with Gasteiger partial charge < -0.3 is 15.2 Å². The predicted molar refractivity (Wildman–Crippen MR) is 136 cm³/mol. The van der Waals surface area contributed by atoms with Crippen molar-refractivity contribution in [2.75, 3.05) is 22.4 Å². The lowest BCUT2D eigenvalue weighted by molar-refractivity contribution is -0.134. The summed E-state index contributed by atoms with van der Waals surface area (Å²) < 4.78 is 5.09. The summed E-state index contributed by atoms with van der Waals surface area (Å²) in [4.78, 5) is 54.8. The number of aryl methyl sites for hydroxylation is 2. The molecule has 0 radical (unpaired) electrons. The van der Waals surface area contributed by atoms with Crippen molar-refractivity contribution >= 4 is 86.4 Å². The number of hydrogen-bond donors (Lipinski definition) is 3. The molecule has 9 nitrogen and oxygen atoms in total. The number of aliphatic carboxylic acids is 1. The monoisotopic (exact) mass is 552 g/mol. The highest BCUT2D eigenvalue weighted by molar-refractivity contribution is 7.17. The summed E-state index contributed by atoms with van der Waals surface area (Å²) in [7, 11) is 0. The molecular formula is C21H26Cl2N2O7S2. The van der Waals surface area contributed by atoms with Crippen LogP contribution in [-0.2, 0) is 14.3 Å². The molecule has 13 heteroatoms. The zero-order valence-corrected chi connectivity index (χ0v) is 22.3. The van der Waals surface area contributed by atoms with E-state index in [9.17, 15) is 24.0 Å². The number of ether oxygens (including phenoxy) is 1. The Morgan fingerprint density at radius 3 is 1.68 bits per heavy atom. The summed E-state index contributed by atoms with van der Waals surface area (Å²) in [6.07, 6.45) is 0.890. The Kier molecular flexibility index (Phi) is 14.3. The molecular weight excluding hydrogens is 527 g/mol. The smallest absolute Gasteiger partial charge is 0.412 e. The molecule has 2 rings (SSSR count). The minimum absolute atomic E-state index is 0.102. The number of carboxylic acids is 1. The maximum Gasteiger partial charge on any atom is 0.412 e. The van der Waals surface area contributed by atoms with Crippen molar-refractivity contribution in [3.8, 4) is 0 Å². The Morgan fingerprint density at radius 2 is 1.35 bits per heavy atom. The van der Waals surface area contributed by atoms with E-state index in [0.717, 1.165) is 16.0 Å². The van der Waals surface area contributed by atoms with Crippen molar-refractivity contribution in [2.45, 2.75) is 40.2 Å². The van der Waals surface area contributed by atoms with E-state index in [4.69, 9.17) is 33.0 Å². The van der Waals surface area contributed by atoms with E-state index in [1.807, 2.05) is 13.8 Å². The van der Waals surface area contributed by atoms with Gasteiger partial charge in [0.1, 0.15) is 27.4 Å². The number of nitrogens with one attached hydrogen (secondary N) is 2. The van der Waals surface area contributed by atoms with Crippen LogP contribution < -0.4 is 10.6 Å². The molecule has 188 valence electrons. The standard InChI is InChI=1S/C11H15NO3S.C8H8ClNO2S.C2H3ClO2/c1-7-5-8(6-13)9(16-7)12-10(14)15-11(2,3)4;1-5-2-6(4-11)8(13-5)10-7(12)3-9;3-1-2(4)5/h5-6H,1-4H3,(H,12,14);2,4H,3H2,1H3,(H,10,12);1H2,(H,4,5). The van der Waals surface area contributed by atoms with E-state index in [0.29, 0.717) is 27.4 Å². The highest BCUT2D eigenvalue weighted by Gasteiger charge is 2.18. The lowest BCUT2D eigenvalue weighted by Crippen LogP contribution is -2.27. The van der Waals surface area contributed by atoms with Gasteiger partial charge in [-0.2, -0.15) is 0 Å². The Hall–Kier alpha value is -2.47. The van der Waals surface area contributed by atoms with Crippen molar-refractivity contribution in [2.24, 2.45) is 0 Å². The molecule has 2 aromatic heterocycles. The zero-order chi connectivity index (χ0) is 26.5. The van der Waals surface area contributed by atoms with Gasteiger partial charge in [-0.25, -0.2) is 4.79 Å². The molecule has 0 aromatic carbocycles. The van der Waals surface area contributed by atoms with Gasteiger partial charge in [0.05, 0.1) is 0 Å². The highest BCUT2D eigenvalue weighted by atomic mass is 35.5. The molecule has 0 spiro atoms. The van der Waals surface area contributed by atoms with E-state index in [2.05, 4.69) is 10.6 Å². The summed E-state index contributed by atoms with van der Waals surface area (Å²) in [5, 5.41) is 13.8. The number of carbonyl (C=O) groups excluding carboxylic acids is 4. The van der Waals surface area contributed by atoms with E-state index < -0.39 is 17.7 Å². The molecule has 0 aliphatic carbocycles. The minimum atomic E-state index is -0.980. The summed E-state index contributed by atoms with van der Waals surface area (Å²) >= 11 is 12.8. The summed E-state index contributed by atoms with van der Waals surface area (Å²) in [5.41, 5.74) is 0.437. The molecule has 0 fully saturated rings. The second-order valence-electron chi connectivity index (χ2n) is 7.35. The number of aldehydes is 2. The lowest BCUT2D eigenvalue weighted by atomic mass is 10.2. The number of alkyl halides is 2. The average molecular weight is 553 g/mol. The van der Waals surface area contributed by atoms with E-state index in [-0.39, 0.29) is 17.7 Å². The number of anilines is 2. The van der Waals surface area contributed by atoms with Crippen molar-refractivity contribution in [1.82, 2.24) is 0 Å². The predicted octanol–water partition coefficient (Wildman–Crippen LogP) is 5.57. The topological polar surface area (TPSA) is 139 Å². The van der Waals surface area contributed by atoms with Crippen LogP contribution in [0.4, 0.5) is 14.8 Å². The van der Waals surface area contributed by atoms with E-state index in [1.54, 1.807) is 32.9 Å². The van der Waals surface area contributed by atoms with Crippen LogP contribution in [0.25, 0.3) is 0 Å². The fraction of sp³-hybridized carbons (Fsp3) is 0.381. The Morgan fingerprint density at radius 1 is 0.941 bits per heavy atom. The van der Waals surface area contributed by atoms with Gasteiger partial charge in [0.15, 0.2) is 12.6 Å². The van der Waals surface area contributed by atoms with Crippen LogP contribution in [0, 0.1) is 13.8 Å². The van der Waals surface area contributed by atoms with Gasteiger partial charge in [-0.1, -0.05) is 0 Å². The molecule has 2 heterocycles. The summed E-state index contributed by atoms with van der Waals surface area (Å²) in [6, 6.07) is 3.45. The first-order valence-electron chi connectivity index (χ1n) is 9.51. The second-order valence-corrected chi connectivity index (χ2v) is 10.4. The number of carboxylic acid groups (broad SMARTS) is 1. The molecule has 0 atom stereocenters. The molecule has 2 aromatic rings. The largest absolute Gasteiger partial charge is 0.480 e. The van der Waals surface area contributed by atoms with Gasteiger partial charge in [-0.15, -0.1) is 45.9 Å². The zero-order valence-electron chi connectivity index (χ0n) is 19.2. The van der Waals surface area contributed by atoms with Gasteiger partial charge >= 0.3 is 12.1 Å². The maximum atomic E-state index is 11.5. The highest BCUT2D eigenvalue weighted by Crippen LogP contribution is 2.27. The molecule has 0 bridgehead atoms. The SMILES string of the molecule is Cc1cc(C=O)c(NC(=O)CCl)s1.Cc1cc(C=O)c(NC(=O)OC(C)(C)C)s1.O=C(O)CCl. The fourth-order valence-electron chi connectivity index (χ4n) is 1.99. The molecule has 0 saturated carbocycles. The number of hydrogen-bond acceptors (Lipinski definition) is 8. The van der Waals surface area contributed by atoms with Crippen molar-refractivity contribution < 1.29 is 33.8 Å². The number of carbonyl (C=O) groups is 5.